The van der Waals surface area contributed by atoms with Crippen molar-refractivity contribution in [3.8, 4) is 11.4 Å². The van der Waals surface area contributed by atoms with E-state index in [-0.39, 0.29) is 0 Å². The Kier molecular flexibility index (Phi) is 2.63. The summed E-state index contributed by atoms with van der Waals surface area (Å²) in [5, 5.41) is 15.0. The van der Waals surface area contributed by atoms with Gasteiger partial charge < -0.3 is 5.11 Å². The minimum absolute atomic E-state index is 0.468. The lowest BCUT2D eigenvalue weighted by Crippen LogP contribution is -2.39. The first-order valence-corrected chi connectivity index (χ1v) is 7.23. The Labute approximate surface area is 117 Å². The quantitative estimate of drug-likeness (QED) is 0.921. The van der Waals surface area contributed by atoms with Crippen molar-refractivity contribution in [3.05, 3.63) is 30.4 Å². The highest BCUT2D eigenvalue weighted by atomic mass is 16.3. The molecule has 1 radical (unpaired) electrons. The van der Waals surface area contributed by atoms with Crippen LogP contribution in [0.15, 0.2) is 18.5 Å². The third-order valence-electron chi connectivity index (χ3n) is 4.23. The van der Waals surface area contributed by atoms with Gasteiger partial charge in [0.15, 0.2) is 5.82 Å². The van der Waals surface area contributed by atoms with E-state index in [0.717, 1.165) is 43.5 Å². The van der Waals surface area contributed by atoms with Gasteiger partial charge in [0.2, 0.25) is 0 Å². The summed E-state index contributed by atoms with van der Waals surface area (Å²) in [6, 6.07) is 5.27. The molecule has 20 heavy (non-hydrogen) atoms. The van der Waals surface area contributed by atoms with Gasteiger partial charge in [-0.25, -0.2) is 9.67 Å². The average molecular weight is 269 g/mol. The van der Waals surface area contributed by atoms with Gasteiger partial charge in [0, 0.05) is 30.4 Å². The van der Waals surface area contributed by atoms with Crippen molar-refractivity contribution in [2.45, 2.75) is 50.2 Å². The van der Waals surface area contributed by atoms with Crippen molar-refractivity contribution >= 4 is 0 Å². The minimum atomic E-state index is -0.558. The van der Waals surface area contributed by atoms with Crippen LogP contribution in [0.2, 0.25) is 0 Å². The van der Waals surface area contributed by atoms with E-state index in [9.17, 15) is 5.11 Å². The molecule has 0 amide bonds. The molecule has 2 aromatic heterocycles. The van der Waals surface area contributed by atoms with Gasteiger partial charge in [-0.3, -0.25) is 4.98 Å². The number of aromatic nitrogens is 4. The molecule has 0 bridgehead atoms. The predicted octanol–water partition coefficient (Wildman–Crippen LogP) is 1.93. The standard InChI is InChI=1S/C15H17N4O/c20-15(6-2-7-15)9-13-17-14(11-3-1-8-16-10-11)18-19(13)12-4-5-12/h3,8,10,12,20H,2,4-7,9H2. The zero-order chi connectivity index (χ0) is 13.6. The third kappa shape index (κ3) is 2.12. The van der Waals surface area contributed by atoms with Crippen LogP contribution in [-0.4, -0.2) is 30.5 Å². The van der Waals surface area contributed by atoms with Crippen LogP contribution in [0.5, 0.6) is 0 Å². The average Bonchev–Trinajstić information content (AvgIpc) is 3.20. The van der Waals surface area contributed by atoms with Crippen molar-refractivity contribution in [2.75, 3.05) is 0 Å². The van der Waals surface area contributed by atoms with Gasteiger partial charge in [-0.1, -0.05) is 0 Å². The summed E-state index contributed by atoms with van der Waals surface area (Å²) in [5.74, 6) is 1.60. The first-order chi connectivity index (χ1) is 9.73. The van der Waals surface area contributed by atoms with Crippen molar-refractivity contribution in [1.82, 2.24) is 19.7 Å². The monoisotopic (exact) mass is 269 g/mol. The van der Waals surface area contributed by atoms with Crippen LogP contribution in [0.4, 0.5) is 0 Å². The van der Waals surface area contributed by atoms with Gasteiger partial charge in [0.1, 0.15) is 5.82 Å². The molecule has 1 N–H and O–H groups in total. The van der Waals surface area contributed by atoms with Crippen LogP contribution in [0, 0.1) is 6.07 Å². The Morgan fingerprint density at radius 2 is 2.25 bits per heavy atom. The molecule has 4 rings (SSSR count). The van der Waals surface area contributed by atoms with E-state index in [0.29, 0.717) is 18.3 Å². The van der Waals surface area contributed by atoms with Crippen LogP contribution in [-0.2, 0) is 6.42 Å². The lowest BCUT2D eigenvalue weighted by atomic mass is 9.78. The SMILES string of the molecule is OC1(Cc2nc(-c3c[c]cnc3)nn2C2CC2)CCC1. The summed E-state index contributed by atoms with van der Waals surface area (Å²) >= 11 is 0. The second-order valence-corrected chi connectivity index (χ2v) is 5.96. The molecule has 0 atom stereocenters. The Bertz CT molecular complexity index is 614. The fourth-order valence-corrected chi connectivity index (χ4v) is 2.71. The predicted molar refractivity (Wildman–Crippen MR) is 72.9 cm³/mol. The maximum atomic E-state index is 10.4. The van der Waals surface area contributed by atoms with Crippen molar-refractivity contribution in [1.29, 1.82) is 0 Å². The maximum absolute atomic E-state index is 10.4. The fraction of sp³-hybridized carbons (Fsp3) is 0.533. The molecule has 103 valence electrons. The highest BCUT2D eigenvalue weighted by Crippen LogP contribution is 2.39. The second kappa shape index (κ2) is 4.38. The molecule has 0 saturated heterocycles. The minimum Gasteiger partial charge on any atom is -0.389 e. The van der Waals surface area contributed by atoms with Gasteiger partial charge in [0.05, 0.1) is 11.6 Å². The summed E-state index contributed by atoms with van der Waals surface area (Å²) in [5.41, 5.74) is 0.326. The maximum Gasteiger partial charge on any atom is 0.182 e. The summed E-state index contributed by atoms with van der Waals surface area (Å²) < 4.78 is 2.01. The highest BCUT2D eigenvalue weighted by Gasteiger charge is 2.38. The molecule has 0 unspecified atom stereocenters. The first kappa shape index (κ1) is 12.0. The van der Waals surface area contributed by atoms with E-state index >= 15 is 0 Å². The van der Waals surface area contributed by atoms with E-state index in [1.807, 2.05) is 10.7 Å². The molecule has 5 heteroatoms. The molecule has 2 saturated carbocycles. The number of pyridine rings is 1. The van der Waals surface area contributed by atoms with Crippen molar-refractivity contribution in [3.63, 3.8) is 0 Å². The number of hydrogen-bond donors (Lipinski definition) is 1. The molecule has 5 nitrogen and oxygen atoms in total. The molecular formula is C15H17N4O. The normalized spacial score (nSPS) is 20.6. The number of aliphatic hydroxyl groups is 1. The third-order valence-corrected chi connectivity index (χ3v) is 4.23. The van der Waals surface area contributed by atoms with E-state index in [1.165, 1.54) is 0 Å². The lowest BCUT2D eigenvalue weighted by Gasteiger charge is -2.36. The fourth-order valence-electron chi connectivity index (χ4n) is 2.71. The molecule has 2 aromatic rings. The Morgan fingerprint density at radius 1 is 1.40 bits per heavy atom. The van der Waals surface area contributed by atoms with Crippen LogP contribution in [0.1, 0.15) is 44.0 Å². The van der Waals surface area contributed by atoms with Crippen LogP contribution < -0.4 is 0 Å². The molecule has 2 aliphatic rings. The number of hydrogen-bond acceptors (Lipinski definition) is 4. The van der Waals surface area contributed by atoms with Crippen molar-refractivity contribution in [2.24, 2.45) is 0 Å². The molecule has 2 heterocycles. The largest absolute Gasteiger partial charge is 0.389 e. The molecule has 0 aliphatic heterocycles. The molecule has 0 aromatic carbocycles. The van der Waals surface area contributed by atoms with E-state index < -0.39 is 5.60 Å². The summed E-state index contributed by atoms with van der Waals surface area (Å²) in [6.07, 6.45) is 9.17. The summed E-state index contributed by atoms with van der Waals surface area (Å²) in [6.45, 7) is 0. The zero-order valence-corrected chi connectivity index (χ0v) is 11.3. The van der Waals surface area contributed by atoms with E-state index in [4.69, 9.17) is 0 Å². The Hall–Kier alpha value is -1.75. The molecular weight excluding hydrogens is 252 g/mol. The zero-order valence-electron chi connectivity index (χ0n) is 11.3. The first-order valence-electron chi connectivity index (χ1n) is 7.23. The molecule has 2 fully saturated rings. The van der Waals surface area contributed by atoms with Gasteiger partial charge in [0.25, 0.3) is 0 Å². The van der Waals surface area contributed by atoms with E-state index in [2.05, 4.69) is 21.1 Å². The number of nitrogens with zero attached hydrogens (tertiary/aromatic N) is 4. The molecule has 0 spiro atoms. The van der Waals surface area contributed by atoms with Gasteiger partial charge in [-0.05, 0) is 38.2 Å². The Balaban J connectivity index is 1.68. The van der Waals surface area contributed by atoms with Crippen LogP contribution in [0.25, 0.3) is 11.4 Å². The van der Waals surface area contributed by atoms with Crippen LogP contribution in [0.3, 0.4) is 0 Å². The van der Waals surface area contributed by atoms with Gasteiger partial charge in [-0.15, -0.1) is 0 Å². The van der Waals surface area contributed by atoms with Gasteiger partial charge in [-0.2, -0.15) is 5.10 Å². The second-order valence-electron chi connectivity index (χ2n) is 5.96. The van der Waals surface area contributed by atoms with Crippen molar-refractivity contribution < 1.29 is 5.11 Å². The highest BCUT2D eigenvalue weighted by molar-refractivity contribution is 5.52. The summed E-state index contributed by atoms with van der Waals surface area (Å²) in [4.78, 5) is 8.71. The van der Waals surface area contributed by atoms with E-state index in [1.54, 1.807) is 12.4 Å². The number of rotatable bonds is 4. The smallest absolute Gasteiger partial charge is 0.182 e. The molecule has 2 aliphatic carbocycles. The summed E-state index contributed by atoms with van der Waals surface area (Å²) in [7, 11) is 0. The van der Waals surface area contributed by atoms with Crippen LogP contribution >= 0.6 is 0 Å². The lowest BCUT2D eigenvalue weighted by molar-refractivity contribution is -0.0346. The topological polar surface area (TPSA) is 63.8 Å². The Morgan fingerprint density at radius 3 is 2.85 bits per heavy atom. The van der Waals surface area contributed by atoms with Gasteiger partial charge >= 0.3 is 0 Å².